The van der Waals surface area contributed by atoms with Crippen LogP contribution in [0.5, 0.6) is 0 Å². The summed E-state index contributed by atoms with van der Waals surface area (Å²) < 4.78 is 3.13. The van der Waals surface area contributed by atoms with Gasteiger partial charge in [-0.05, 0) is 17.7 Å². The third-order valence-electron chi connectivity index (χ3n) is 4.06. The van der Waals surface area contributed by atoms with E-state index in [2.05, 4.69) is 20.2 Å². The fourth-order valence-electron chi connectivity index (χ4n) is 2.74. The number of nitrogens with zero attached hydrogens (tertiary/aromatic N) is 6. The molecule has 7 nitrogen and oxygen atoms in total. The van der Waals surface area contributed by atoms with Crippen LogP contribution >= 0.6 is 0 Å². The molecule has 0 aliphatic carbocycles. The Kier molecular flexibility index (Phi) is 4.37. The zero-order valence-corrected chi connectivity index (χ0v) is 14.6. The minimum atomic E-state index is -0.170. The normalized spacial score (nSPS) is 10.9. The number of benzene rings is 1. The van der Waals surface area contributed by atoms with Crippen LogP contribution in [0.15, 0.2) is 66.0 Å². The zero-order chi connectivity index (χ0) is 18.8. The summed E-state index contributed by atoms with van der Waals surface area (Å²) in [5, 5.41) is 8.62. The maximum Gasteiger partial charge on any atom is 0.267 e. The van der Waals surface area contributed by atoms with E-state index in [-0.39, 0.29) is 5.56 Å². The SMILES string of the molecule is [B]c1cnc(-c2cccc(Cn3nc(-c4cnn(C)c4)ccc3=O)c2)nc1. The number of aryl methyl sites for hydroxylation is 1. The third-order valence-corrected chi connectivity index (χ3v) is 4.06. The molecule has 0 fully saturated rings. The summed E-state index contributed by atoms with van der Waals surface area (Å²) in [6.45, 7) is 0.343. The van der Waals surface area contributed by atoms with Crippen molar-refractivity contribution < 1.29 is 0 Å². The van der Waals surface area contributed by atoms with Crippen LogP contribution in [-0.4, -0.2) is 37.4 Å². The van der Waals surface area contributed by atoms with Gasteiger partial charge in [-0.1, -0.05) is 23.7 Å². The molecule has 4 rings (SSSR count). The van der Waals surface area contributed by atoms with Crippen molar-refractivity contribution in [2.75, 3.05) is 0 Å². The summed E-state index contributed by atoms with van der Waals surface area (Å²) in [5.41, 5.74) is 3.67. The second-order valence-electron chi connectivity index (χ2n) is 6.16. The fourth-order valence-corrected chi connectivity index (χ4v) is 2.74. The Bertz CT molecular complexity index is 1150. The van der Waals surface area contributed by atoms with Crippen molar-refractivity contribution in [1.82, 2.24) is 29.5 Å². The molecule has 3 aromatic heterocycles. The summed E-state index contributed by atoms with van der Waals surface area (Å²) in [5.74, 6) is 0.579. The molecular weight excluding hydrogens is 339 g/mol. The molecule has 0 bridgehead atoms. The van der Waals surface area contributed by atoms with E-state index in [4.69, 9.17) is 7.85 Å². The van der Waals surface area contributed by atoms with E-state index < -0.39 is 0 Å². The van der Waals surface area contributed by atoms with Crippen LogP contribution in [0.2, 0.25) is 0 Å². The Balaban J connectivity index is 1.65. The van der Waals surface area contributed by atoms with Crippen molar-refractivity contribution >= 4 is 13.3 Å². The van der Waals surface area contributed by atoms with Gasteiger partial charge in [-0.2, -0.15) is 10.2 Å². The van der Waals surface area contributed by atoms with Gasteiger partial charge in [0, 0.05) is 42.8 Å². The summed E-state index contributed by atoms with van der Waals surface area (Å²) in [7, 11) is 7.48. The summed E-state index contributed by atoms with van der Waals surface area (Å²) in [4.78, 5) is 20.7. The third kappa shape index (κ3) is 3.69. The molecule has 130 valence electrons. The van der Waals surface area contributed by atoms with E-state index in [0.29, 0.717) is 23.5 Å². The minimum absolute atomic E-state index is 0.170. The monoisotopic (exact) mass is 354 g/mol. The molecule has 0 saturated heterocycles. The van der Waals surface area contributed by atoms with Crippen molar-refractivity contribution in [3.05, 3.63) is 77.1 Å². The first-order chi connectivity index (χ1) is 13.1. The van der Waals surface area contributed by atoms with Crippen molar-refractivity contribution in [2.45, 2.75) is 6.54 Å². The average Bonchev–Trinajstić information content (AvgIpc) is 3.11. The molecule has 27 heavy (non-hydrogen) atoms. The lowest BCUT2D eigenvalue weighted by atomic mass is 10.0. The largest absolute Gasteiger partial charge is 0.275 e. The Labute approximate surface area is 156 Å². The van der Waals surface area contributed by atoms with Gasteiger partial charge in [0.2, 0.25) is 0 Å². The second-order valence-corrected chi connectivity index (χ2v) is 6.16. The van der Waals surface area contributed by atoms with Gasteiger partial charge in [0.1, 0.15) is 7.85 Å². The lowest BCUT2D eigenvalue weighted by molar-refractivity contribution is 0.643. The Morgan fingerprint density at radius 3 is 2.59 bits per heavy atom. The van der Waals surface area contributed by atoms with Crippen LogP contribution in [0.25, 0.3) is 22.6 Å². The first-order valence-corrected chi connectivity index (χ1v) is 8.32. The molecule has 0 N–H and O–H groups in total. The van der Waals surface area contributed by atoms with Gasteiger partial charge in [-0.15, -0.1) is 0 Å². The quantitative estimate of drug-likeness (QED) is 0.510. The van der Waals surface area contributed by atoms with Crippen molar-refractivity contribution in [3.63, 3.8) is 0 Å². The fraction of sp³-hybridized carbons (Fsp3) is 0.105. The molecule has 0 atom stereocenters. The van der Waals surface area contributed by atoms with Crippen LogP contribution in [0.1, 0.15) is 5.56 Å². The van der Waals surface area contributed by atoms with Gasteiger partial charge < -0.3 is 0 Å². The van der Waals surface area contributed by atoms with Gasteiger partial charge in [-0.3, -0.25) is 9.48 Å². The predicted octanol–water partition coefficient (Wildman–Crippen LogP) is 0.943. The molecule has 0 saturated carbocycles. The zero-order valence-electron chi connectivity index (χ0n) is 14.6. The van der Waals surface area contributed by atoms with E-state index in [9.17, 15) is 4.79 Å². The summed E-state index contributed by atoms with van der Waals surface area (Å²) >= 11 is 0. The highest BCUT2D eigenvalue weighted by Crippen LogP contribution is 2.17. The smallest absolute Gasteiger partial charge is 0.267 e. The molecule has 8 heteroatoms. The van der Waals surface area contributed by atoms with Gasteiger partial charge >= 0.3 is 0 Å². The molecule has 0 spiro atoms. The van der Waals surface area contributed by atoms with Crippen LogP contribution < -0.4 is 11.0 Å². The lowest BCUT2D eigenvalue weighted by Crippen LogP contribution is -2.22. The Morgan fingerprint density at radius 1 is 1.04 bits per heavy atom. The molecule has 3 heterocycles. The molecule has 0 amide bonds. The van der Waals surface area contributed by atoms with Crippen LogP contribution in [0.3, 0.4) is 0 Å². The molecule has 0 aliphatic heterocycles. The highest BCUT2D eigenvalue weighted by Gasteiger charge is 2.07. The lowest BCUT2D eigenvalue weighted by Gasteiger charge is -2.08. The van der Waals surface area contributed by atoms with E-state index >= 15 is 0 Å². The van der Waals surface area contributed by atoms with E-state index in [1.807, 2.05) is 37.5 Å². The van der Waals surface area contributed by atoms with E-state index in [1.165, 1.54) is 10.7 Å². The maximum atomic E-state index is 12.2. The highest BCUT2D eigenvalue weighted by atomic mass is 16.1. The van der Waals surface area contributed by atoms with E-state index in [1.54, 1.807) is 29.3 Å². The Morgan fingerprint density at radius 2 is 1.85 bits per heavy atom. The van der Waals surface area contributed by atoms with Crippen LogP contribution in [0.4, 0.5) is 0 Å². The average molecular weight is 354 g/mol. The first-order valence-electron chi connectivity index (χ1n) is 8.32. The molecular formula is C19H15BN6O. The summed E-state index contributed by atoms with van der Waals surface area (Å²) in [6, 6.07) is 10.9. The van der Waals surface area contributed by atoms with Gasteiger partial charge in [0.25, 0.3) is 5.56 Å². The molecule has 0 aliphatic rings. The molecule has 0 unspecified atom stereocenters. The van der Waals surface area contributed by atoms with Gasteiger partial charge in [0.05, 0.1) is 18.4 Å². The number of hydrogen-bond donors (Lipinski definition) is 0. The standard InChI is InChI=1S/C19H15BN6O/c1-25-12-15(8-23-25)17-5-6-18(27)26(24-17)11-13-3-2-4-14(7-13)19-21-9-16(20)10-22-19/h2-10,12H,11H2,1H3. The minimum Gasteiger partial charge on any atom is -0.275 e. The van der Waals surface area contributed by atoms with Crippen molar-refractivity contribution in [1.29, 1.82) is 0 Å². The van der Waals surface area contributed by atoms with Crippen LogP contribution in [0, 0.1) is 0 Å². The molecule has 1 aromatic carbocycles. The second kappa shape index (κ2) is 6.99. The molecule has 4 aromatic rings. The topological polar surface area (TPSA) is 78.5 Å². The number of hydrogen-bond acceptors (Lipinski definition) is 5. The van der Waals surface area contributed by atoms with Crippen LogP contribution in [-0.2, 0) is 13.6 Å². The summed E-state index contributed by atoms with van der Waals surface area (Å²) in [6.07, 6.45) is 6.71. The van der Waals surface area contributed by atoms with Gasteiger partial charge in [0.15, 0.2) is 5.82 Å². The number of rotatable bonds is 4. The number of aromatic nitrogens is 6. The Hall–Kier alpha value is -3.55. The van der Waals surface area contributed by atoms with Crippen molar-refractivity contribution in [2.24, 2.45) is 7.05 Å². The molecule has 2 radical (unpaired) electrons. The van der Waals surface area contributed by atoms with Gasteiger partial charge in [-0.25, -0.2) is 14.6 Å². The first kappa shape index (κ1) is 16.9. The van der Waals surface area contributed by atoms with E-state index in [0.717, 1.165) is 16.7 Å². The van der Waals surface area contributed by atoms with Crippen molar-refractivity contribution in [3.8, 4) is 22.6 Å². The predicted molar refractivity (Wildman–Crippen MR) is 103 cm³/mol. The highest BCUT2D eigenvalue weighted by molar-refractivity contribution is 6.31. The maximum absolute atomic E-state index is 12.2.